The normalized spacial score (nSPS) is 28.9. The second-order valence-corrected chi connectivity index (χ2v) is 5.41. The molecule has 3 rings (SSSR count). The van der Waals surface area contributed by atoms with E-state index in [1.807, 2.05) is 24.3 Å². The second-order valence-electron chi connectivity index (χ2n) is 5.41. The Morgan fingerprint density at radius 3 is 2.94 bits per heavy atom. The van der Waals surface area contributed by atoms with Crippen LogP contribution >= 0.6 is 0 Å². The quantitative estimate of drug-likeness (QED) is 0.832. The van der Waals surface area contributed by atoms with Crippen molar-refractivity contribution in [2.75, 3.05) is 13.6 Å². The lowest BCUT2D eigenvalue weighted by Crippen LogP contribution is -2.29. The molecule has 0 amide bonds. The van der Waals surface area contributed by atoms with Crippen molar-refractivity contribution in [3.05, 3.63) is 42.1 Å². The molecule has 2 heterocycles. The predicted octanol–water partition coefficient (Wildman–Crippen LogP) is 2.15. The molecule has 0 spiro atoms. The lowest BCUT2D eigenvalue weighted by Gasteiger charge is -2.23. The third-order valence-electron chi connectivity index (χ3n) is 4.04. The number of rotatable bonds is 1. The minimum absolute atomic E-state index is 0.416. The van der Waals surface area contributed by atoms with Gasteiger partial charge in [-0.1, -0.05) is 12.1 Å². The molecule has 1 aliphatic heterocycles. The van der Waals surface area contributed by atoms with Crippen molar-refractivity contribution >= 4 is 10.9 Å². The number of likely N-dealkylation sites (tertiary alicyclic amines) is 1. The Bertz CT molecular complexity index is 571. The molecule has 1 fully saturated rings. The fourth-order valence-electron chi connectivity index (χ4n) is 2.85. The van der Waals surface area contributed by atoms with E-state index in [2.05, 4.69) is 29.9 Å². The molecule has 1 saturated heterocycles. The molecule has 0 aliphatic carbocycles. The summed E-state index contributed by atoms with van der Waals surface area (Å²) < 4.78 is 0. The van der Waals surface area contributed by atoms with E-state index in [1.165, 1.54) is 0 Å². The molecular weight excluding hydrogens is 224 g/mol. The summed E-state index contributed by atoms with van der Waals surface area (Å²) in [4.78, 5) is 6.51. The first-order valence-corrected chi connectivity index (χ1v) is 6.36. The van der Waals surface area contributed by atoms with Crippen molar-refractivity contribution in [3.63, 3.8) is 0 Å². The molecule has 1 aliphatic rings. The monoisotopic (exact) mass is 242 g/mol. The number of hydrogen-bond acceptors (Lipinski definition) is 3. The van der Waals surface area contributed by atoms with Crippen molar-refractivity contribution in [1.82, 2.24) is 9.88 Å². The fourth-order valence-corrected chi connectivity index (χ4v) is 2.85. The van der Waals surface area contributed by atoms with Crippen LogP contribution in [0.25, 0.3) is 10.9 Å². The lowest BCUT2D eigenvalue weighted by atomic mass is 9.90. The smallest absolute Gasteiger partial charge is 0.104 e. The maximum absolute atomic E-state index is 10.8. The van der Waals surface area contributed by atoms with Crippen molar-refractivity contribution in [2.45, 2.75) is 25.0 Å². The number of likely N-dealkylation sites (N-methyl/N-ethyl adjacent to an activating group) is 1. The van der Waals surface area contributed by atoms with Gasteiger partial charge in [-0.2, -0.15) is 0 Å². The van der Waals surface area contributed by atoms with Crippen LogP contribution in [0.2, 0.25) is 0 Å². The van der Waals surface area contributed by atoms with Crippen LogP contribution in [0.15, 0.2) is 36.5 Å². The third-order valence-corrected chi connectivity index (χ3v) is 4.04. The minimum Gasteiger partial charge on any atom is -0.384 e. The molecule has 2 aromatic rings. The summed E-state index contributed by atoms with van der Waals surface area (Å²) in [7, 11) is 2.06. The Labute approximate surface area is 107 Å². The van der Waals surface area contributed by atoms with Gasteiger partial charge in [-0.3, -0.25) is 4.98 Å². The summed E-state index contributed by atoms with van der Waals surface area (Å²) in [6, 6.07) is 10.4. The van der Waals surface area contributed by atoms with Crippen molar-refractivity contribution in [3.8, 4) is 0 Å². The number of hydrogen-bond donors (Lipinski definition) is 1. The van der Waals surface area contributed by atoms with Gasteiger partial charge in [0.1, 0.15) is 5.60 Å². The molecule has 94 valence electrons. The number of aliphatic hydroxyl groups is 1. The topological polar surface area (TPSA) is 36.4 Å². The molecule has 0 radical (unpaired) electrons. The predicted molar refractivity (Wildman–Crippen MR) is 72.3 cm³/mol. The zero-order valence-electron chi connectivity index (χ0n) is 10.8. The fraction of sp³-hybridized carbons (Fsp3) is 0.400. The SMILES string of the molecule is CC1CC(O)(c2ccc3ncccc3c2)CN1C. The number of β-amino-alcohol motifs (C(OH)–C–C–N with tert-alkyl or cyclic N) is 1. The summed E-state index contributed by atoms with van der Waals surface area (Å²) in [6.45, 7) is 2.85. The summed E-state index contributed by atoms with van der Waals surface area (Å²) >= 11 is 0. The van der Waals surface area contributed by atoms with Gasteiger partial charge in [0, 0.05) is 24.2 Å². The number of fused-ring (bicyclic) bond motifs is 1. The minimum atomic E-state index is -0.724. The highest BCUT2D eigenvalue weighted by Gasteiger charge is 2.40. The van der Waals surface area contributed by atoms with E-state index in [0.717, 1.165) is 22.9 Å². The van der Waals surface area contributed by atoms with Crippen LogP contribution in [0.1, 0.15) is 18.9 Å². The van der Waals surface area contributed by atoms with E-state index in [9.17, 15) is 5.11 Å². The van der Waals surface area contributed by atoms with E-state index < -0.39 is 5.60 Å². The third kappa shape index (κ3) is 1.80. The maximum Gasteiger partial charge on any atom is 0.104 e. The van der Waals surface area contributed by atoms with Crippen LogP contribution < -0.4 is 0 Å². The van der Waals surface area contributed by atoms with Crippen LogP contribution in [0.3, 0.4) is 0 Å². The number of aromatic nitrogens is 1. The van der Waals surface area contributed by atoms with E-state index >= 15 is 0 Å². The summed E-state index contributed by atoms with van der Waals surface area (Å²) in [5.74, 6) is 0. The molecular formula is C15H18N2O. The van der Waals surface area contributed by atoms with Gasteiger partial charge in [-0.05, 0) is 44.2 Å². The van der Waals surface area contributed by atoms with Gasteiger partial charge in [0.05, 0.1) is 5.52 Å². The van der Waals surface area contributed by atoms with Crippen LogP contribution in [0.4, 0.5) is 0 Å². The highest BCUT2D eigenvalue weighted by molar-refractivity contribution is 5.79. The van der Waals surface area contributed by atoms with E-state index in [1.54, 1.807) is 6.20 Å². The van der Waals surface area contributed by atoms with E-state index in [0.29, 0.717) is 12.6 Å². The Hall–Kier alpha value is -1.45. The van der Waals surface area contributed by atoms with Gasteiger partial charge in [0.15, 0.2) is 0 Å². The molecule has 3 heteroatoms. The highest BCUT2D eigenvalue weighted by atomic mass is 16.3. The number of nitrogens with zero attached hydrogens (tertiary/aromatic N) is 2. The van der Waals surface area contributed by atoms with Gasteiger partial charge in [0.2, 0.25) is 0 Å². The van der Waals surface area contributed by atoms with Gasteiger partial charge >= 0.3 is 0 Å². The Balaban J connectivity index is 2.04. The molecule has 1 N–H and O–H groups in total. The Kier molecular flexibility index (Phi) is 2.61. The highest BCUT2D eigenvalue weighted by Crippen LogP contribution is 2.35. The average Bonchev–Trinajstić information content (AvgIpc) is 2.64. The maximum atomic E-state index is 10.8. The van der Waals surface area contributed by atoms with E-state index in [-0.39, 0.29) is 0 Å². The largest absolute Gasteiger partial charge is 0.384 e. The van der Waals surface area contributed by atoms with Crippen LogP contribution in [-0.2, 0) is 5.60 Å². The summed E-state index contributed by atoms with van der Waals surface area (Å²) in [5.41, 5.74) is 1.25. The van der Waals surface area contributed by atoms with Crippen molar-refractivity contribution in [1.29, 1.82) is 0 Å². The first-order valence-electron chi connectivity index (χ1n) is 6.36. The second kappa shape index (κ2) is 4.04. The Morgan fingerprint density at radius 1 is 1.39 bits per heavy atom. The molecule has 1 aromatic heterocycles. The van der Waals surface area contributed by atoms with Gasteiger partial charge in [0.25, 0.3) is 0 Å². The standard InChI is InChI=1S/C15H18N2O/c1-11-9-15(18,10-17(11)2)13-5-6-14-12(8-13)4-3-7-16-14/h3-8,11,18H,9-10H2,1-2H3. The van der Waals surface area contributed by atoms with Crippen LogP contribution in [0.5, 0.6) is 0 Å². The molecule has 1 aromatic carbocycles. The Morgan fingerprint density at radius 2 is 2.22 bits per heavy atom. The number of benzene rings is 1. The van der Waals surface area contributed by atoms with Crippen molar-refractivity contribution in [2.24, 2.45) is 0 Å². The number of pyridine rings is 1. The van der Waals surface area contributed by atoms with Gasteiger partial charge in [-0.15, -0.1) is 0 Å². The van der Waals surface area contributed by atoms with E-state index in [4.69, 9.17) is 0 Å². The molecule has 18 heavy (non-hydrogen) atoms. The van der Waals surface area contributed by atoms with Gasteiger partial charge < -0.3 is 10.0 Å². The first kappa shape index (κ1) is 11.6. The molecule has 2 unspecified atom stereocenters. The lowest BCUT2D eigenvalue weighted by molar-refractivity contribution is 0.0487. The van der Waals surface area contributed by atoms with Crippen LogP contribution in [-0.4, -0.2) is 34.6 Å². The van der Waals surface area contributed by atoms with Gasteiger partial charge in [-0.25, -0.2) is 0 Å². The summed E-state index contributed by atoms with van der Waals surface area (Å²) in [5, 5.41) is 11.9. The zero-order valence-corrected chi connectivity index (χ0v) is 10.8. The molecule has 0 saturated carbocycles. The zero-order chi connectivity index (χ0) is 12.8. The molecule has 0 bridgehead atoms. The average molecular weight is 242 g/mol. The van der Waals surface area contributed by atoms with Crippen LogP contribution in [0, 0.1) is 0 Å². The van der Waals surface area contributed by atoms with Crippen molar-refractivity contribution < 1.29 is 5.11 Å². The molecule has 3 nitrogen and oxygen atoms in total. The first-order chi connectivity index (χ1) is 8.58. The summed E-state index contributed by atoms with van der Waals surface area (Å²) in [6.07, 6.45) is 2.58. The molecule has 2 atom stereocenters.